The number of primary sulfonamides is 1. The number of nitrogens with two attached hydrogens (primary N) is 1. The number of amides is 1. The molecule has 0 aromatic heterocycles. The molecule has 2 aromatic rings. The first-order valence-electron chi connectivity index (χ1n) is 14.0. The SMILES string of the molecule is CCOC(=O)CCC(C)NC(=O)OC(=O)[C@]1(Oc2ccc(CC3Nc4cc(Cl)c(S(N)(=O)=O)cc4S(=O)(=O)N3)cc2)CCCN1. The minimum Gasteiger partial charge on any atom is -0.466 e. The number of hydrogen-bond acceptors (Lipinski definition) is 12. The predicted molar refractivity (Wildman–Crippen MR) is 161 cm³/mol. The zero-order chi connectivity index (χ0) is 33.0. The highest BCUT2D eigenvalue weighted by molar-refractivity contribution is 7.90. The third-order valence-electron chi connectivity index (χ3n) is 6.99. The lowest BCUT2D eigenvalue weighted by molar-refractivity contribution is -0.157. The Bertz CT molecular complexity index is 1660. The summed E-state index contributed by atoms with van der Waals surface area (Å²) in [7, 11) is -8.36. The summed E-state index contributed by atoms with van der Waals surface area (Å²) in [6.07, 6.45) is -0.388. The zero-order valence-electron chi connectivity index (χ0n) is 24.4. The Hall–Kier alpha value is -3.48. The number of sulfonamides is 2. The van der Waals surface area contributed by atoms with Crippen LogP contribution in [0.4, 0.5) is 10.5 Å². The van der Waals surface area contributed by atoms with Gasteiger partial charge in [-0.3, -0.25) is 10.1 Å². The van der Waals surface area contributed by atoms with Gasteiger partial charge in [0.2, 0.25) is 20.0 Å². The molecule has 18 heteroatoms. The molecule has 0 radical (unpaired) electrons. The molecule has 0 aliphatic carbocycles. The maximum atomic E-state index is 13.0. The normalized spacial score (nSPS) is 21.1. The molecule has 0 saturated carbocycles. The Kier molecular flexibility index (Phi) is 10.6. The highest BCUT2D eigenvalue weighted by atomic mass is 35.5. The second-order valence-corrected chi connectivity index (χ2v) is 14.1. The van der Waals surface area contributed by atoms with Crippen LogP contribution in [0.1, 0.15) is 45.1 Å². The fourth-order valence-electron chi connectivity index (χ4n) is 4.84. The van der Waals surface area contributed by atoms with E-state index >= 15 is 0 Å². The van der Waals surface area contributed by atoms with Gasteiger partial charge < -0.3 is 24.8 Å². The maximum Gasteiger partial charge on any atom is 0.415 e. The lowest BCUT2D eigenvalue weighted by atomic mass is 10.1. The molecule has 4 rings (SSSR count). The number of carbonyl (C=O) groups is 3. The summed E-state index contributed by atoms with van der Waals surface area (Å²) in [6.45, 7) is 4.06. The van der Waals surface area contributed by atoms with Gasteiger partial charge in [-0.2, -0.15) is 4.72 Å². The fraction of sp³-hybridized carbons (Fsp3) is 0.444. The van der Waals surface area contributed by atoms with E-state index in [1.807, 2.05) is 0 Å². The van der Waals surface area contributed by atoms with Crippen molar-refractivity contribution in [2.75, 3.05) is 18.5 Å². The molecule has 2 aromatic carbocycles. The molecule has 15 nitrogen and oxygen atoms in total. The summed E-state index contributed by atoms with van der Waals surface area (Å²) in [4.78, 5) is 36.1. The molecule has 1 amide bonds. The largest absolute Gasteiger partial charge is 0.466 e. The molecule has 6 N–H and O–H groups in total. The van der Waals surface area contributed by atoms with E-state index in [4.69, 9.17) is 31.0 Å². The van der Waals surface area contributed by atoms with Gasteiger partial charge in [0.05, 0.1) is 23.5 Å². The number of benzene rings is 2. The number of nitrogens with one attached hydrogen (secondary N) is 4. The number of fused-ring (bicyclic) bond motifs is 1. The van der Waals surface area contributed by atoms with Crippen LogP contribution in [0.15, 0.2) is 46.2 Å². The van der Waals surface area contributed by atoms with Crippen LogP contribution in [0.5, 0.6) is 5.75 Å². The maximum absolute atomic E-state index is 13.0. The topological polar surface area (TPSA) is 221 Å². The summed E-state index contributed by atoms with van der Waals surface area (Å²) in [5.74, 6) is -1.03. The van der Waals surface area contributed by atoms with Gasteiger partial charge in [-0.25, -0.2) is 31.6 Å². The summed E-state index contributed by atoms with van der Waals surface area (Å²) < 4.78 is 67.7. The smallest absolute Gasteiger partial charge is 0.415 e. The average Bonchev–Trinajstić information content (AvgIpc) is 3.41. The van der Waals surface area contributed by atoms with Crippen molar-refractivity contribution in [2.45, 2.75) is 73.7 Å². The van der Waals surface area contributed by atoms with Crippen LogP contribution in [0.25, 0.3) is 0 Å². The van der Waals surface area contributed by atoms with Crippen LogP contribution in [-0.4, -0.2) is 66.0 Å². The Morgan fingerprint density at radius 2 is 1.91 bits per heavy atom. The quantitative estimate of drug-likeness (QED) is 0.168. The number of anilines is 1. The highest BCUT2D eigenvalue weighted by Gasteiger charge is 2.46. The Morgan fingerprint density at radius 1 is 1.20 bits per heavy atom. The van der Waals surface area contributed by atoms with Crippen molar-refractivity contribution >= 4 is 55.4 Å². The Labute approximate surface area is 265 Å². The van der Waals surface area contributed by atoms with Crippen LogP contribution in [0.3, 0.4) is 0 Å². The van der Waals surface area contributed by atoms with Crippen LogP contribution < -0.4 is 30.5 Å². The van der Waals surface area contributed by atoms with E-state index in [1.54, 1.807) is 38.1 Å². The number of hydrogen-bond donors (Lipinski definition) is 5. The number of rotatable bonds is 11. The van der Waals surface area contributed by atoms with E-state index in [1.165, 1.54) is 6.07 Å². The van der Waals surface area contributed by atoms with Crippen LogP contribution in [0, 0.1) is 0 Å². The first kappa shape index (κ1) is 34.4. The summed E-state index contributed by atoms with van der Waals surface area (Å²) in [5, 5.41) is 13.4. The fourth-order valence-corrected chi connectivity index (χ4v) is 7.33. The molecule has 45 heavy (non-hydrogen) atoms. The van der Waals surface area contributed by atoms with Crippen LogP contribution in [-0.2, 0) is 45.5 Å². The van der Waals surface area contributed by atoms with E-state index in [0.717, 1.165) is 6.07 Å². The third kappa shape index (κ3) is 8.62. The lowest BCUT2D eigenvalue weighted by Crippen LogP contribution is -2.55. The molecule has 2 aliphatic rings. The Balaban J connectivity index is 1.38. The van der Waals surface area contributed by atoms with Crippen molar-refractivity contribution in [1.82, 2.24) is 15.4 Å². The van der Waals surface area contributed by atoms with Gasteiger partial charge in [0.15, 0.2) is 0 Å². The molecular weight excluding hydrogens is 654 g/mol. The highest BCUT2D eigenvalue weighted by Crippen LogP contribution is 2.34. The molecule has 246 valence electrons. The molecule has 0 spiro atoms. The summed E-state index contributed by atoms with van der Waals surface area (Å²) >= 11 is 6.05. The standard InChI is InChI=1S/C27H34ClN5O10S2/c1-3-41-24(34)10-5-16(2)31-26(36)42-25(35)27(11-4-12-30-27)43-18-8-6-17(7-9-18)13-23-32-20-14-19(28)21(44(29,37)38)15-22(20)45(39,40)33-23/h6-9,14-16,23,30,32-33H,3-5,10-13H2,1-2H3,(H,31,36)(H2,29,37,38)/t16?,23?,27-/m1/s1. The molecule has 2 aliphatic heterocycles. The van der Waals surface area contributed by atoms with Crippen molar-refractivity contribution in [3.8, 4) is 5.75 Å². The second kappa shape index (κ2) is 13.9. The van der Waals surface area contributed by atoms with Crippen molar-refractivity contribution in [2.24, 2.45) is 5.14 Å². The molecule has 2 unspecified atom stereocenters. The van der Waals surface area contributed by atoms with E-state index in [0.29, 0.717) is 24.9 Å². The van der Waals surface area contributed by atoms with E-state index in [-0.39, 0.29) is 47.2 Å². The van der Waals surface area contributed by atoms with Gasteiger partial charge in [0.1, 0.15) is 15.5 Å². The number of carbonyl (C=O) groups excluding carboxylic acids is 3. The van der Waals surface area contributed by atoms with Gasteiger partial charge in [-0.1, -0.05) is 23.7 Å². The number of alkyl carbamates (subject to hydrolysis) is 1. The predicted octanol–water partition coefficient (Wildman–Crippen LogP) is 1.70. The van der Waals surface area contributed by atoms with Crippen molar-refractivity contribution in [1.29, 1.82) is 0 Å². The summed E-state index contributed by atoms with van der Waals surface area (Å²) in [5.41, 5.74) is -0.807. The molecule has 1 fully saturated rings. The van der Waals surface area contributed by atoms with Gasteiger partial charge in [-0.15, -0.1) is 0 Å². The minimum atomic E-state index is -4.25. The molecule has 3 atom stereocenters. The van der Waals surface area contributed by atoms with E-state index in [2.05, 4.69) is 20.7 Å². The van der Waals surface area contributed by atoms with Crippen LogP contribution in [0.2, 0.25) is 5.02 Å². The summed E-state index contributed by atoms with van der Waals surface area (Å²) in [6, 6.07) is 8.15. The number of ether oxygens (including phenoxy) is 3. The average molecular weight is 688 g/mol. The minimum absolute atomic E-state index is 0.0974. The number of esters is 2. The van der Waals surface area contributed by atoms with E-state index < -0.39 is 60.9 Å². The van der Waals surface area contributed by atoms with E-state index in [9.17, 15) is 31.2 Å². The number of halogens is 1. The Morgan fingerprint density at radius 3 is 2.53 bits per heavy atom. The van der Waals surface area contributed by atoms with Gasteiger partial charge in [0, 0.05) is 25.3 Å². The molecule has 2 heterocycles. The molecule has 1 saturated heterocycles. The van der Waals surface area contributed by atoms with Gasteiger partial charge in [0.25, 0.3) is 5.72 Å². The van der Waals surface area contributed by atoms with Crippen molar-refractivity contribution in [3.05, 3.63) is 47.0 Å². The monoisotopic (exact) mass is 687 g/mol. The third-order valence-corrected chi connectivity index (χ3v) is 9.88. The lowest BCUT2D eigenvalue weighted by Gasteiger charge is -2.29. The van der Waals surface area contributed by atoms with Gasteiger partial charge >= 0.3 is 18.0 Å². The first-order chi connectivity index (χ1) is 21.1. The zero-order valence-corrected chi connectivity index (χ0v) is 26.8. The van der Waals surface area contributed by atoms with Gasteiger partial charge in [-0.05, 0) is 63.1 Å². The van der Waals surface area contributed by atoms with Crippen molar-refractivity contribution in [3.63, 3.8) is 0 Å². The first-order valence-corrected chi connectivity index (χ1v) is 17.4. The molecule has 0 bridgehead atoms. The second-order valence-electron chi connectivity index (χ2n) is 10.5. The molecular formula is C27H34ClN5O10S2. The van der Waals surface area contributed by atoms with Crippen LogP contribution >= 0.6 is 11.6 Å². The van der Waals surface area contributed by atoms with Crippen molar-refractivity contribution < 1.29 is 45.4 Å².